The van der Waals surface area contributed by atoms with Crippen molar-refractivity contribution in [3.8, 4) is 11.5 Å². The Bertz CT molecular complexity index is 935. The van der Waals surface area contributed by atoms with Gasteiger partial charge < -0.3 is 9.47 Å². The molecule has 0 amide bonds. The number of aliphatic imine (C=N–C) groups is 1. The van der Waals surface area contributed by atoms with Gasteiger partial charge >= 0.3 is 0 Å². The molecular formula is C21H14Cl3NO2. The minimum atomic E-state index is 0.283. The number of ether oxygens (including phenoxy) is 2. The van der Waals surface area contributed by atoms with E-state index in [9.17, 15) is 0 Å². The Kier molecular flexibility index (Phi) is 6.77. The topological polar surface area (TPSA) is 30.8 Å². The van der Waals surface area contributed by atoms with Crippen molar-refractivity contribution in [3.63, 3.8) is 0 Å². The Labute approximate surface area is 172 Å². The van der Waals surface area contributed by atoms with Crippen LogP contribution >= 0.6 is 34.8 Å². The van der Waals surface area contributed by atoms with E-state index in [-0.39, 0.29) is 5.02 Å². The standard InChI is InChI=1S/C21H14Cl3NO2/c22-18-13-15(14-19(23)21(18)24)25-20(27-17-9-5-2-6-10-17)11-12-26-16-7-3-1-4-8-16/h1-14H. The Hall–Kier alpha value is -2.46. The quantitative estimate of drug-likeness (QED) is 0.188. The minimum absolute atomic E-state index is 0.283. The summed E-state index contributed by atoms with van der Waals surface area (Å²) in [5.41, 5.74) is 0.504. The van der Waals surface area contributed by atoms with Crippen LogP contribution in [0, 0.1) is 0 Å². The maximum atomic E-state index is 6.08. The van der Waals surface area contributed by atoms with Crippen LogP contribution in [0.3, 0.4) is 0 Å². The third-order valence-electron chi connectivity index (χ3n) is 3.33. The van der Waals surface area contributed by atoms with Crippen LogP contribution in [0.5, 0.6) is 11.5 Å². The third-order valence-corrected chi connectivity index (χ3v) is 4.53. The Morgan fingerprint density at radius 1 is 0.778 bits per heavy atom. The number of para-hydroxylation sites is 2. The Balaban J connectivity index is 1.87. The smallest absolute Gasteiger partial charge is 0.222 e. The van der Waals surface area contributed by atoms with E-state index in [1.165, 1.54) is 6.26 Å². The molecule has 0 aliphatic carbocycles. The zero-order valence-corrected chi connectivity index (χ0v) is 16.2. The lowest BCUT2D eigenvalue weighted by Gasteiger charge is -2.07. The van der Waals surface area contributed by atoms with Crippen LogP contribution in [0.2, 0.25) is 15.1 Å². The van der Waals surface area contributed by atoms with Crippen molar-refractivity contribution in [2.45, 2.75) is 0 Å². The molecule has 0 aromatic heterocycles. The molecule has 0 atom stereocenters. The lowest BCUT2D eigenvalue weighted by molar-refractivity contribution is 0.479. The second kappa shape index (κ2) is 9.47. The Morgan fingerprint density at radius 3 is 1.93 bits per heavy atom. The van der Waals surface area contributed by atoms with Crippen molar-refractivity contribution in [1.29, 1.82) is 0 Å². The molecule has 0 bridgehead atoms. The molecule has 0 saturated carbocycles. The molecule has 3 rings (SSSR count). The molecule has 0 radical (unpaired) electrons. The van der Waals surface area contributed by atoms with E-state index < -0.39 is 0 Å². The molecule has 3 nitrogen and oxygen atoms in total. The van der Waals surface area contributed by atoms with Gasteiger partial charge in [-0.3, -0.25) is 0 Å². The SMILES string of the molecule is Clc1cc(N=C(C=COc2ccccc2)Oc2ccccc2)cc(Cl)c1Cl. The van der Waals surface area contributed by atoms with E-state index in [1.807, 2.05) is 60.7 Å². The van der Waals surface area contributed by atoms with Gasteiger partial charge in [0.1, 0.15) is 11.5 Å². The molecule has 3 aromatic carbocycles. The van der Waals surface area contributed by atoms with Gasteiger partial charge in [-0.2, -0.15) is 0 Å². The van der Waals surface area contributed by atoms with Crippen molar-refractivity contribution >= 4 is 46.4 Å². The predicted octanol–water partition coefficient (Wildman–Crippen LogP) is 7.35. The first kappa shape index (κ1) is 19.3. The van der Waals surface area contributed by atoms with Crippen LogP contribution in [0.15, 0.2) is 90.1 Å². The summed E-state index contributed by atoms with van der Waals surface area (Å²) in [5, 5.41) is 0.906. The monoisotopic (exact) mass is 417 g/mol. The number of nitrogens with zero attached hydrogens (tertiary/aromatic N) is 1. The molecule has 136 valence electrons. The number of hydrogen-bond donors (Lipinski definition) is 0. The Morgan fingerprint density at radius 2 is 1.33 bits per heavy atom. The zero-order chi connectivity index (χ0) is 19.1. The second-order valence-corrected chi connectivity index (χ2v) is 6.51. The van der Waals surface area contributed by atoms with Crippen LogP contribution in [0.1, 0.15) is 0 Å². The lowest BCUT2D eigenvalue weighted by Crippen LogP contribution is -2.05. The normalized spacial score (nSPS) is 11.6. The summed E-state index contributed by atoms with van der Waals surface area (Å²) in [7, 11) is 0. The fraction of sp³-hybridized carbons (Fsp3) is 0. The average Bonchev–Trinajstić information content (AvgIpc) is 2.67. The first-order valence-corrected chi connectivity index (χ1v) is 9.09. The van der Waals surface area contributed by atoms with Gasteiger partial charge in [-0.15, -0.1) is 0 Å². The predicted molar refractivity (Wildman–Crippen MR) is 112 cm³/mol. The van der Waals surface area contributed by atoms with Gasteiger partial charge in [0.2, 0.25) is 5.90 Å². The maximum absolute atomic E-state index is 6.08. The molecule has 0 spiro atoms. The highest BCUT2D eigenvalue weighted by Gasteiger charge is 2.07. The van der Waals surface area contributed by atoms with Crippen LogP contribution in [0.4, 0.5) is 5.69 Å². The first-order valence-electron chi connectivity index (χ1n) is 7.96. The van der Waals surface area contributed by atoms with Crippen molar-refractivity contribution in [1.82, 2.24) is 0 Å². The van der Waals surface area contributed by atoms with E-state index in [2.05, 4.69) is 4.99 Å². The van der Waals surface area contributed by atoms with Crippen molar-refractivity contribution < 1.29 is 9.47 Å². The van der Waals surface area contributed by atoms with Gasteiger partial charge in [0.05, 0.1) is 27.0 Å². The third kappa shape index (κ3) is 5.76. The fourth-order valence-corrected chi connectivity index (χ4v) is 2.69. The average molecular weight is 419 g/mol. The first-order chi connectivity index (χ1) is 13.1. The van der Waals surface area contributed by atoms with E-state index in [1.54, 1.807) is 18.2 Å². The summed E-state index contributed by atoms with van der Waals surface area (Å²) in [6.45, 7) is 0. The van der Waals surface area contributed by atoms with Crippen molar-refractivity contribution in [2.24, 2.45) is 4.99 Å². The van der Waals surface area contributed by atoms with Gasteiger partial charge in [0.25, 0.3) is 0 Å². The number of hydrogen-bond acceptors (Lipinski definition) is 3. The summed E-state index contributed by atoms with van der Waals surface area (Å²) < 4.78 is 11.4. The van der Waals surface area contributed by atoms with Gasteiger partial charge in [-0.25, -0.2) is 4.99 Å². The van der Waals surface area contributed by atoms with E-state index in [0.29, 0.717) is 33.1 Å². The molecule has 0 aliphatic heterocycles. The van der Waals surface area contributed by atoms with Crippen LogP contribution < -0.4 is 9.47 Å². The zero-order valence-electron chi connectivity index (χ0n) is 14.0. The number of rotatable bonds is 5. The van der Waals surface area contributed by atoms with Gasteiger partial charge in [0.15, 0.2) is 0 Å². The van der Waals surface area contributed by atoms with Crippen molar-refractivity contribution in [2.75, 3.05) is 0 Å². The molecule has 0 N–H and O–H groups in total. The van der Waals surface area contributed by atoms with E-state index >= 15 is 0 Å². The van der Waals surface area contributed by atoms with Gasteiger partial charge in [0, 0.05) is 6.08 Å². The van der Waals surface area contributed by atoms with E-state index in [4.69, 9.17) is 44.3 Å². The van der Waals surface area contributed by atoms with Crippen molar-refractivity contribution in [3.05, 3.63) is 100 Å². The minimum Gasteiger partial charge on any atom is -0.465 e. The highest BCUT2D eigenvalue weighted by molar-refractivity contribution is 6.48. The molecule has 0 fully saturated rings. The lowest BCUT2D eigenvalue weighted by atomic mass is 10.3. The van der Waals surface area contributed by atoms with Gasteiger partial charge in [-0.1, -0.05) is 71.2 Å². The van der Waals surface area contributed by atoms with Crippen LogP contribution in [-0.4, -0.2) is 5.90 Å². The molecule has 0 saturated heterocycles. The van der Waals surface area contributed by atoms with Gasteiger partial charge in [-0.05, 0) is 36.4 Å². The highest BCUT2D eigenvalue weighted by atomic mass is 35.5. The second-order valence-electron chi connectivity index (χ2n) is 5.32. The fourth-order valence-electron chi connectivity index (χ4n) is 2.11. The molecular weight excluding hydrogens is 405 g/mol. The largest absolute Gasteiger partial charge is 0.465 e. The maximum Gasteiger partial charge on any atom is 0.222 e. The molecule has 27 heavy (non-hydrogen) atoms. The summed E-state index contributed by atoms with van der Waals surface area (Å²) in [6.07, 6.45) is 3.10. The number of benzene rings is 3. The summed E-state index contributed by atoms with van der Waals surface area (Å²) >= 11 is 18.1. The summed E-state index contributed by atoms with van der Waals surface area (Å²) in [4.78, 5) is 4.45. The number of halogens is 3. The van der Waals surface area contributed by atoms with E-state index in [0.717, 1.165) is 0 Å². The molecule has 3 aromatic rings. The molecule has 6 heteroatoms. The summed E-state index contributed by atoms with van der Waals surface area (Å²) in [6, 6.07) is 21.9. The molecule has 0 unspecified atom stereocenters. The molecule has 0 heterocycles. The van der Waals surface area contributed by atoms with Crippen LogP contribution in [-0.2, 0) is 0 Å². The van der Waals surface area contributed by atoms with Crippen LogP contribution in [0.25, 0.3) is 0 Å². The summed E-state index contributed by atoms with van der Waals surface area (Å²) in [5.74, 6) is 1.63. The highest BCUT2D eigenvalue weighted by Crippen LogP contribution is 2.34. The molecule has 0 aliphatic rings.